The molecule has 0 saturated heterocycles. The maximum absolute atomic E-state index is 11.9. The van der Waals surface area contributed by atoms with Crippen LogP contribution in [0.25, 0.3) is 0 Å². The molecule has 0 bridgehead atoms. The van der Waals surface area contributed by atoms with Gasteiger partial charge >= 0.3 is 0 Å². The molecule has 0 aliphatic carbocycles. The molecular formula is C14H24N4O. The van der Waals surface area contributed by atoms with Gasteiger partial charge in [0.1, 0.15) is 5.69 Å². The van der Waals surface area contributed by atoms with Crippen molar-refractivity contribution < 1.29 is 4.79 Å². The zero-order chi connectivity index (χ0) is 14.1. The van der Waals surface area contributed by atoms with E-state index in [9.17, 15) is 4.79 Å². The van der Waals surface area contributed by atoms with Crippen molar-refractivity contribution in [2.24, 2.45) is 0 Å². The molecule has 106 valence electrons. The summed E-state index contributed by atoms with van der Waals surface area (Å²) in [6.45, 7) is 7.62. The first-order valence-electron chi connectivity index (χ1n) is 7.05. The molecule has 0 aliphatic heterocycles. The summed E-state index contributed by atoms with van der Waals surface area (Å²) in [6, 6.07) is 1.71. The summed E-state index contributed by atoms with van der Waals surface area (Å²) in [4.78, 5) is 20.5. The fraction of sp³-hybridized carbons (Fsp3) is 0.643. The molecule has 1 aromatic heterocycles. The number of unbranched alkanes of at least 4 members (excludes halogenated alkanes) is 2. The van der Waals surface area contributed by atoms with Gasteiger partial charge in [0.05, 0.1) is 0 Å². The molecule has 0 unspecified atom stereocenters. The maximum Gasteiger partial charge on any atom is 0.270 e. The van der Waals surface area contributed by atoms with Crippen molar-refractivity contribution in [3.05, 3.63) is 17.5 Å². The number of anilines is 1. The Labute approximate surface area is 115 Å². The number of amides is 1. The van der Waals surface area contributed by atoms with Crippen LogP contribution in [-0.2, 0) is 0 Å². The van der Waals surface area contributed by atoms with E-state index in [0.717, 1.165) is 37.9 Å². The Balaban J connectivity index is 2.64. The fourth-order valence-electron chi connectivity index (χ4n) is 1.61. The Kier molecular flexibility index (Phi) is 6.85. The Morgan fingerprint density at radius 3 is 2.53 bits per heavy atom. The van der Waals surface area contributed by atoms with Crippen LogP contribution in [0.3, 0.4) is 0 Å². The zero-order valence-corrected chi connectivity index (χ0v) is 12.1. The van der Waals surface area contributed by atoms with E-state index >= 15 is 0 Å². The molecule has 1 aromatic rings. The number of hydrogen-bond acceptors (Lipinski definition) is 4. The summed E-state index contributed by atoms with van der Waals surface area (Å²) in [5, 5.41) is 6.01. The van der Waals surface area contributed by atoms with E-state index in [2.05, 4.69) is 34.4 Å². The normalized spacial score (nSPS) is 10.3. The molecule has 0 atom stereocenters. The fourth-order valence-corrected chi connectivity index (χ4v) is 1.61. The van der Waals surface area contributed by atoms with Crippen molar-refractivity contribution in [2.75, 3.05) is 18.4 Å². The van der Waals surface area contributed by atoms with Crippen LogP contribution < -0.4 is 10.6 Å². The standard InChI is InChI=1S/C14H24N4O/c1-4-6-8-15-13(19)12-10-11(3)17-14(18-12)16-9-7-5-2/h10H,4-9H2,1-3H3,(H,15,19)(H,16,17,18). The van der Waals surface area contributed by atoms with E-state index in [0.29, 0.717) is 18.2 Å². The van der Waals surface area contributed by atoms with E-state index in [1.54, 1.807) is 6.07 Å². The number of carbonyl (C=O) groups excluding carboxylic acids is 1. The zero-order valence-electron chi connectivity index (χ0n) is 12.1. The minimum Gasteiger partial charge on any atom is -0.354 e. The average molecular weight is 264 g/mol. The summed E-state index contributed by atoms with van der Waals surface area (Å²) in [5.74, 6) is 0.409. The monoisotopic (exact) mass is 264 g/mol. The molecule has 0 saturated carbocycles. The van der Waals surface area contributed by atoms with Gasteiger partial charge in [-0.15, -0.1) is 0 Å². The number of aromatic nitrogens is 2. The van der Waals surface area contributed by atoms with E-state index in [1.165, 1.54) is 0 Å². The average Bonchev–Trinajstić information content (AvgIpc) is 2.38. The third-order valence-corrected chi connectivity index (χ3v) is 2.72. The van der Waals surface area contributed by atoms with Gasteiger partial charge in [-0.3, -0.25) is 4.79 Å². The largest absolute Gasteiger partial charge is 0.354 e. The molecule has 5 heteroatoms. The summed E-state index contributed by atoms with van der Waals surface area (Å²) in [7, 11) is 0. The van der Waals surface area contributed by atoms with Crippen molar-refractivity contribution >= 4 is 11.9 Å². The lowest BCUT2D eigenvalue weighted by molar-refractivity contribution is 0.0948. The number of rotatable bonds is 8. The molecule has 0 fully saturated rings. The lowest BCUT2D eigenvalue weighted by atomic mass is 10.3. The van der Waals surface area contributed by atoms with Gasteiger partial charge < -0.3 is 10.6 Å². The number of carbonyl (C=O) groups is 1. The lowest BCUT2D eigenvalue weighted by Gasteiger charge is -2.08. The molecule has 1 amide bonds. The molecule has 0 aromatic carbocycles. The predicted octanol–water partition coefficient (Wildman–Crippen LogP) is 2.53. The second-order valence-electron chi connectivity index (χ2n) is 4.61. The Morgan fingerprint density at radius 1 is 1.16 bits per heavy atom. The van der Waals surface area contributed by atoms with E-state index < -0.39 is 0 Å². The van der Waals surface area contributed by atoms with Gasteiger partial charge in [-0.05, 0) is 25.8 Å². The van der Waals surface area contributed by atoms with Crippen molar-refractivity contribution in [1.29, 1.82) is 0 Å². The van der Waals surface area contributed by atoms with Gasteiger partial charge in [-0.25, -0.2) is 9.97 Å². The van der Waals surface area contributed by atoms with Crippen LogP contribution in [0.5, 0.6) is 0 Å². The topological polar surface area (TPSA) is 66.9 Å². The maximum atomic E-state index is 11.9. The highest BCUT2D eigenvalue weighted by Crippen LogP contribution is 2.05. The van der Waals surface area contributed by atoms with Crippen molar-refractivity contribution in [1.82, 2.24) is 15.3 Å². The molecule has 19 heavy (non-hydrogen) atoms. The predicted molar refractivity (Wildman–Crippen MR) is 77.4 cm³/mol. The van der Waals surface area contributed by atoms with E-state index in [1.807, 2.05) is 6.92 Å². The van der Waals surface area contributed by atoms with Crippen LogP contribution in [0.15, 0.2) is 6.07 Å². The SMILES string of the molecule is CCCCNC(=O)c1cc(C)nc(NCCCC)n1. The van der Waals surface area contributed by atoms with Gasteiger partial charge in [-0.1, -0.05) is 26.7 Å². The van der Waals surface area contributed by atoms with Gasteiger partial charge in [-0.2, -0.15) is 0 Å². The van der Waals surface area contributed by atoms with Crippen molar-refractivity contribution in [2.45, 2.75) is 46.5 Å². The molecule has 1 rings (SSSR count). The molecule has 0 radical (unpaired) electrons. The molecule has 0 aliphatic rings. The molecule has 5 nitrogen and oxygen atoms in total. The summed E-state index contributed by atoms with van der Waals surface area (Å²) in [6.07, 6.45) is 4.23. The van der Waals surface area contributed by atoms with Crippen LogP contribution >= 0.6 is 0 Å². The molecule has 0 spiro atoms. The first kappa shape index (κ1) is 15.4. The Hall–Kier alpha value is -1.65. The highest BCUT2D eigenvalue weighted by Gasteiger charge is 2.09. The smallest absolute Gasteiger partial charge is 0.270 e. The van der Waals surface area contributed by atoms with E-state index in [-0.39, 0.29) is 5.91 Å². The first-order chi connectivity index (χ1) is 9.17. The van der Waals surface area contributed by atoms with Crippen molar-refractivity contribution in [3.63, 3.8) is 0 Å². The number of nitrogens with one attached hydrogen (secondary N) is 2. The van der Waals surface area contributed by atoms with Gasteiger partial charge in [0, 0.05) is 18.8 Å². The molecule has 2 N–H and O–H groups in total. The van der Waals surface area contributed by atoms with Crippen LogP contribution in [0, 0.1) is 6.92 Å². The quantitative estimate of drug-likeness (QED) is 0.708. The minimum absolute atomic E-state index is 0.127. The second kappa shape index (κ2) is 8.45. The Bertz CT molecular complexity index is 406. The minimum atomic E-state index is -0.127. The van der Waals surface area contributed by atoms with Crippen LogP contribution in [-0.4, -0.2) is 29.0 Å². The highest BCUT2D eigenvalue weighted by atomic mass is 16.1. The van der Waals surface area contributed by atoms with Crippen molar-refractivity contribution in [3.8, 4) is 0 Å². The lowest BCUT2D eigenvalue weighted by Crippen LogP contribution is -2.26. The Morgan fingerprint density at radius 2 is 1.84 bits per heavy atom. The first-order valence-corrected chi connectivity index (χ1v) is 7.05. The van der Waals surface area contributed by atoms with Crippen LogP contribution in [0.4, 0.5) is 5.95 Å². The third kappa shape index (κ3) is 5.68. The summed E-state index contributed by atoms with van der Waals surface area (Å²) < 4.78 is 0. The second-order valence-corrected chi connectivity index (χ2v) is 4.61. The third-order valence-electron chi connectivity index (χ3n) is 2.72. The summed E-state index contributed by atoms with van der Waals surface area (Å²) in [5.41, 5.74) is 1.23. The number of aryl methyl sites for hydroxylation is 1. The van der Waals surface area contributed by atoms with Crippen LogP contribution in [0.1, 0.15) is 55.7 Å². The number of nitrogens with zero attached hydrogens (tertiary/aromatic N) is 2. The number of hydrogen-bond donors (Lipinski definition) is 2. The molecule has 1 heterocycles. The summed E-state index contributed by atoms with van der Waals surface area (Å²) >= 11 is 0. The van der Waals surface area contributed by atoms with Gasteiger partial charge in [0.25, 0.3) is 5.91 Å². The van der Waals surface area contributed by atoms with E-state index in [4.69, 9.17) is 0 Å². The van der Waals surface area contributed by atoms with Crippen LogP contribution in [0.2, 0.25) is 0 Å². The molecular weight excluding hydrogens is 240 g/mol. The van der Waals surface area contributed by atoms with Gasteiger partial charge in [0.15, 0.2) is 0 Å². The highest BCUT2D eigenvalue weighted by molar-refractivity contribution is 5.92. The van der Waals surface area contributed by atoms with Gasteiger partial charge in [0.2, 0.25) is 5.95 Å².